The Morgan fingerprint density at radius 2 is 1.89 bits per heavy atom. The van der Waals surface area contributed by atoms with Crippen LogP contribution in [0.2, 0.25) is 0 Å². The SMILES string of the molecule is CCC1(C(=O)NCCS(=O)(=O)CC)CCNCC1. The van der Waals surface area contributed by atoms with Crippen LogP contribution in [0.25, 0.3) is 0 Å². The normalized spacial score (nSPS) is 19.4. The smallest absolute Gasteiger partial charge is 0.226 e. The molecule has 18 heavy (non-hydrogen) atoms. The Hall–Kier alpha value is -0.620. The minimum absolute atomic E-state index is 0.0119. The molecule has 0 saturated carbocycles. The maximum Gasteiger partial charge on any atom is 0.226 e. The standard InChI is InChI=1S/C12H24N2O3S/c1-3-12(5-7-13-8-6-12)11(15)14-9-10-18(16,17)4-2/h13H,3-10H2,1-2H3,(H,14,15). The first-order chi connectivity index (χ1) is 8.46. The van der Waals surface area contributed by atoms with Crippen molar-refractivity contribution in [2.75, 3.05) is 31.1 Å². The van der Waals surface area contributed by atoms with Gasteiger partial charge in [0, 0.05) is 12.3 Å². The van der Waals surface area contributed by atoms with Crippen molar-refractivity contribution in [1.82, 2.24) is 10.6 Å². The molecule has 5 nitrogen and oxygen atoms in total. The Kier molecular flexibility index (Phi) is 5.59. The molecule has 106 valence electrons. The van der Waals surface area contributed by atoms with Gasteiger partial charge in [0.1, 0.15) is 0 Å². The minimum atomic E-state index is -3.00. The summed E-state index contributed by atoms with van der Waals surface area (Å²) in [5.74, 6) is 0.178. The van der Waals surface area contributed by atoms with E-state index in [-0.39, 0.29) is 29.4 Å². The van der Waals surface area contributed by atoms with E-state index in [4.69, 9.17) is 0 Å². The van der Waals surface area contributed by atoms with Crippen molar-refractivity contribution >= 4 is 15.7 Å². The fraction of sp³-hybridized carbons (Fsp3) is 0.917. The molecule has 1 amide bonds. The molecule has 0 aromatic heterocycles. The summed E-state index contributed by atoms with van der Waals surface area (Å²) in [6.07, 6.45) is 2.47. The predicted octanol–water partition coefficient (Wildman–Crippen LogP) is 0.317. The van der Waals surface area contributed by atoms with Crippen molar-refractivity contribution in [3.05, 3.63) is 0 Å². The highest BCUT2D eigenvalue weighted by atomic mass is 32.2. The average Bonchev–Trinajstić information content (AvgIpc) is 2.39. The van der Waals surface area contributed by atoms with E-state index in [1.165, 1.54) is 0 Å². The molecule has 0 aromatic carbocycles. The highest BCUT2D eigenvalue weighted by molar-refractivity contribution is 7.91. The Morgan fingerprint density at radius 1 is 1.28 bits per heavy atom. The molecular formula is C12H24N2O3S. The summed E-state index contributed by atoms with van der Waals surface area (Å²) in [6.45, 7) is 5.58. The number of nitrogens with one attached hydrogen (secondary N) is 2. The summed E-state index contributed by atoms with van der Waals surface area (Å²) < 4.78 is 22.7. The lowest BCUT2D eigenvalue weighted by atomic mass is 9.76. The first kappa shape index (κ1) is 15.4. The van der Waals surface area contributed by atoms with E-state index in [1.54, 1.807) is 6.92 Å². The zero-order valence-corrected chi connectivity index (χ0v) is 12.1. The second-order valence-corrected chi connectivity index (χ2v) is 7.35. The van der Waals surface area contributed by atoms with Gasteiger partial charge in [-0.15, -0.1) is 0 Å². The highest BCUT2D eigenvalue weighted by Crippen LogP contribution is 2.32. The summed E-state index contributed by atoms with van der Waals surface area (Å²) in [4.78, 5) is 12.2. The third-order valence-electron chi connectivity index (χ3n) is 3.86. The quantitative estimate of drug-likeness (QED) is 0.732. The molecule has 1 aliphatic heterocycles. The van der Waals surface area contributed by atoms with Crippen molar-refractivity contribution < 1.29 is 13.2 Å². The molecule has 0 spiro atoms. The van der Waals surface area contributed by atoms with Gasteiger partial charge in [0.2, 0.25) is 5.91 Å². The maximum absolute atomic E-state index is 12.2. The van der Waals surface area contributed by atoms with Crippen LogP contribution in [0.5, 0.6) is 0 Å². The third kappa shape index (κ3) is 3.95. The molecule has 1 rings (SSSR count). The van der Waals surface area contributed by atoms with Crippen LogP contribution in [0.4, 0.5) is 0 Å². The number of rotatable bonds is 6. The first-order valence-electron chi connectivity index (χ1n) is 6.65. The molecule has 0 unspecified atom stereocenters. The summed E-state index contributed by atoms with van der Waals surface area (Å²) in [7, 11) is -3.00. The Morgan fingerprint density at radius 3 is 2.39 bits per heavy atom. The van der Waals surface area contributed by atoms with Gasteiger partial charge in [-0.25, -0.2) is 8.42 Å². The van der Waals surface area contributed by atoms with E-state index < -0.39 is 9.84 Å². The zero-order valence-electron chi connectivity index (χ0n) is 11.3. The van der Waals surface area contributed by atoms with E-state index in [9.17, 15) is 13.2 Å². The second-order valence-electron chi connectivity index (χ2n) is 4.88. The molecular weight excluding hydrogens is 252 g/mol. The van der Waals surface area contributed by atoms with Crippen LogP contribution in [0.15, 0.2) is 0 Å². The van der Waals surface area contributed by atoms with Crippen LogP contribution in [0.3, 0.4) is 0 Å². The van der Waals surface area contributed by atoms with Crippen LogP contribution in [0, 0.1) is 5.41 Å². The number of amides is 1. The van der Waals surface area contributed by atoms with Crippen LogP contribution in [0.1, 0.15) is 33.1 Å². The van der Waals surface area contributed by atoms with Crippen molar-refractivity contribution in [2.45, 2.75) is 33.1 Å². The molecule has 1 fully saturated rings. The van der Waals surface area contributed by atoms with E-state index in [0.717, 1.165) is 32.4 Å². The van der Waals surface area contributed by atoms with Gasteiger partial charge < -0.3 is 10.6 Å². The Balaban J connectivity index is 2.48. The largest absolute Gasteiger partial charge is 0.355 e. The number of hydrogen-bond donors (Lipinski definition) is 2. The molecule has 0 aliphatic carbocycles. The molecule has 2 N–H and O–H groups in total. The van der Waals surface area contributed by atoms with Gasteiger partial charge in [-0.1, -0.05) is 13.8 Å². The van der Waals surface area contributed by atoms with Gasteiger partial charge in [0.05, 0.1) is 11.2 Å². The lowest BCUT2D eigenvalue weighted by Crippen LogP contribution is -2.48. The summed E-state index contributed by atoms with van der Waals surface area (Å²) >= 11 is 0. The van der Waals surface area contributed by atoms with Gasteiger partial charge in [-0.05, 0) is 32.4 Å². The van der Waals surface area contributed by atoms with Gasteiger partial charge in [0.15, 0.2) is 9.84 Å². The molecule has 0 radical (unpaired) electrons. The molecule has 0 bridgehead atoms. The van der Waals surface area contributed by atoms with Crippen LogP contribution in [-0.4, -0.2) is 45.5 Å². The van der Waals surface area contributed by atoms with E-state index in [1.807, 2.05) is 6.92 Å². The summed E-state index contributed by atoms with van der Waals surface area (Å²) in [5.41, 5.74) is -0.304. The van der Waals surface area contributed by atoms with Gasteiger partial charge >= 0.3 is 0 Å². The van der Waals surface area contributed by atoms with Gasteiger partial charge in [-0.3, -0.25) is 4.79 Å². The molecule has 0 aromatic rings. The summed E-state index contributed by atoms with van der Waals surface area (Å²) in [5, 5.41) is 6.03. The topological polar surface area (TPSA) is 75.3 Å². The second kappa shape index (κ2) is 6.52. The highest BCUT2D eigenvalue weighted by Gasteiger charge is 2.37. The van der Waals surface area contributed by atoms with Crippen LogP contribution >= 0.6 is 0 Å². The number of carbonyl (C=O) groups excluding carboxylic acids is 1. The molecule has 1 saturated heterocycles. The zero-order chi connectivity index (χ0) is 13.6. The average molecular weight is 276 g/mol. The van der Waals surface area contributed by atoms with Crippen LogP contribution in [-0.2, 0) is 14.6 Å². The lowest BCUT2D eigenvalue weighted by molar-refractivity contribution is -0.132. The monoisotopic (exact) mass is 276 g/mol. The van der Waals surface area contributed by atoms with Crippen LogP contribution < -0.4 is 10.6 Å². The van der Waals surface area contributed by atoms with Crippen molar-refractivity contribution in [3.8, 4) is 0 Å². The lowest BCUT2D eigenvalue weighted by Gasteiger charge is -2.35. The molecule has 0 atom stereocenters. The molecule has 1 heterocycles. The first-order valence-corrected chi connectivity index (χ1v) is 8.47. The minimum Gasteiger partial charge on any atom is -0.355 e. The van der Waals surface area contributed by atoms with Gasteiger partial charge in [0.25, 0.3) is 0 Å². The van der Waals surface area contributed by atoms with Gasteiger partial charge in [-0.2, -0.15) is 0 Å². The van der Waals surface area contributed by atoms with E-state index >= 15 is 0 Å². The number of sulfone groups is 1. The Bertz CT molecular complexity index is 373. The predicted molar refractivity (Wildman–Crippen MR) is 72.2 cm³/mol. The van der Waals surface area contributed by atoms with Crippen molar-refractivity contribution in [3.63, 3.8) is 0 Å². The van der Waals surface area contributed by atoms with Crippen molar-refractivity contribution in [2.24, 2.45) is 5.41 Å². The maximum atomic E-state index is 12.2. The fourth-order valence-electron chi connectivity index (χ4n) is 2.30. The molecule has 6 heteroatoms. The van der Waals surface area contributed by atoms with E-state index in [2.05, 4.69) is 10.6 Å². The Labute approximate surface area is 110 Å². The molecule has 1 aliphatic rings. The van der Waals surface area contributed by atoms with Crippen molar-refractivity contribution in [1.29, 1.82) is 0 Å². The number of hydrogen-bond acceptors (Lipinski definition) is 4. The third-order valence-corrected chi connectivity index (χ3v) is 5.56. The number of carbonyl (C=O) groups is 1. The summed E-state index contributed by atoms with van der Waals surface area (Å²) in [6, 6.07) is 0. The fourth-order valence-corrected chi connectivity index (χ4v) is 3.00. The van der Waals surface area contributed by atoms with E-state index in [0.29, 0.717) is 0 Å². The number of piperidine rings is 1.